The molecule has 7 heteroatoms. The summed E-state index contributed by atoms with van der Waals surface area (Å²) >= 11 is 0. The minimum atomic E-state index is -3.67. The van der Waals surface area contributed by atoms with E-state index in [2.05, 4.69) is 4.98 Å². The Bertz CT molecular complexity index is 926. The maximum atomic E-state index is 12.3. The third kappa shape index (κ3) is 4.24. The lowest BCUT2D eigenvalue weighted by Gasteiger charge is -2.05. The third-order valence-corrected chi connectivity index (χ3v) is 2.70. The Hall–Kier alpha value is -2.51. The van der Waals surface area contributed by atoms with Crippen molar-refractivity contribution in [3.05, 3.63) is 71.3 Å². The van der Waals surface area contributed by atoms with Gasteiger partial charge in [-0.1, -0.05) is 30.3 Å². The van der Waals surface area contributed by atoms with Crippen molar-refractivity contribution in [3.63, 3.8) is 0 Å². The van der Waals surface area contributed by atoms with E-state index in [1.54, 1.807) is 17.0 Å². The molecule has 0 aliphatic heterocycles. The summed E-state index contributed by atoms with van der Waals surface area (Å²) in [5.41, 5.74) is 1.52. The number of para-hydroxylation sites is 2. The van der Waals surface area contributed by atoms with Gasteiger partial charge in [0.25, 0.3) is 15.7 Å². The monoisotopic (exact) mass is 318 g/mol. The van der Waals surface area contributed by atoms with Crippen molar-refractivity contribution in [2.75, 3.05) is 6.26 Å². The Morgan fingerprint density at radius 3 is 2.18 bits per heavy atom. The molecule has 22 heavy (non-hydrogen) atoms. The molecular weight excluding hydrogens is 304 g/mol. The molecule has 0 fully saturated rings. The van der Waals surface area contributed by atoms with Gasteiger partial charge in [-0.05, 0) is 24.3 Å². The van der Waals surface area contributed by atoms with Gasteiger partial charge in [0.15, 0.2) is 0 Å². The number of rotatable bonds is 1. The number of aromatic nitrogens is 2. The number of hydrogen-bond donors (Lipinski definition) is 1. The van der Waals surface area contributed by atoms with Gasteiger partial charge in [-0.2, -0.15) is 8.42 Å². The first-order chi connectivity index (χ1) is 10.4. The average molecular weight is 318 g/mol. The molecule has 1 heterocycles. The van der Waals surface area contributed by atoms with Gasteiger partial charge in [-0.25, -0.2) is 4.98 Å². The van der Waals surface area contributed by atoms with E-state index in [0.717, 1.165) is 11.2 Å². The minimum absolute atomic E-state index is 0.0400. The Morgan fingerprint density at radius 2 is 1.55 bits per heavy atom. The largest absolute Gasteiger partial charge is 0.286 e. The Labute approximate surface area is 127 Å². The molecule has 0 aliphatic rings. The van der Waals surface area contributed by atoms with E-state index in [0.29, 0.717) is 11.6 Å². The van der Waals surface area contributed by atoms with Crippen molar-refractivity contribution >= 4 is 21.0 Å². The van der Waals surface area contributed by atoms with Crippen LogP contribution in [0.2, 0.25) is 0 Å². The van der Waals surface area contributed by atoms with Gasteiger partial charge in [0.2, 0.25) is 0 Å². The second-order valence-electron chi connectivity index (χ2n) is 4.51. The second kappa shape index (κ2) is 6.50. The summed E-state index contributed by atoms with van der Waals surface area (Å²) in [6, 6.07) is 16.9. The van der Waals surface area contributed by atoms with Crippen LogP contribution in [0.3, 0.4) is 0 Å². The lowest BCUT2D eigenvalue weighted by Crippen LogP contribution is -2.18. The molecule has 0 saturated heterocycles. The fraction of sp³-hybridized carbons (Fsp3) is 0.0667. The fourth-order valence-corrected chi connectivity index (χ4v) is 1.84. The van der Waals surface area contributed by atoms with Gasteiger partial charge in [0.05, 0.1) is 22.8 Å². The molecule has 1 aromatic heterocycles. The van der Waals surface area contributed by atoms with Gasteiger partial charge >= 0.3 is 0 Å². The molecular formula is C15H14N2O4S. The van der Waals surface area contributed by atoms with Crippen molar-refractivity contribution in [1.29, 1.82) is 0 Å². The smallest absolute Gasteiger partial charge is 0.265 e. The molecule has 2 aromatic carbocycles. The first-order valence-corrected chi connectivity index (χ1v) is 8.15. The van der Waals surface area contributed by atoms with Crippen LogP contribution >= 0.6 is 0 Å². The normalized spacial score (nSPS) is 10.8. The van der Waals surface area contributed by atoms with Crippen LogP contribution in [0.5, 0.6) is 0 Å². The van der Waals surface area contributed by atoms with E-state index < -0.39 is 10.1 Å². The molecule has 0 bridgehead atoms. The van der Waals surface area contributed by atoms with Crippen LogP contribution in [-0.4, -0.2) is 28.8 Å². The third-order valence-electron chi connectivity index (χ3n) is 2.70. The van der Waals surface area contributed by atoms with Crippen LogP contribution in [0.15, 0.2) is 65.7 Å². The zero-order chi connectivity index (χ0) is 16.2. The van der Waals surface area contributed by atoms with Gasteiger partial charge in [0.1, 0.15) is 6.33 Å². The highest BCUT2D eigenvalue weighted by atomic mass is 32.2. The highest BCUT2D eigenvalue weighted by molar-refractivity contribution is 7.85. The molecule has 1 N–H and O–H groups in total. The quantitative estimate of drug-likeness (QED) is 0.692. The Morgan fingerprint density at radius 1 is 1.00 bits per heavy atom. The number of fused-ring (bicyclic) bond motifs is 1. The predicted molar refractivity (Wildman–Crippen MR) is 84.8 cm³/mol. The number of nitrogens with zero attached hydrogens (tertiary/aromatic N) is 2. The van der Waals surface area contributed by atoms with E-state index >= 15 is 0 Å². The molecule has 0 saturated carbocycles. The lowest BCUT2D eigenvalue weighted by molar-refractivity contribution is 0.490. The molecule has 0 aliphatic carbocycles. The van der Waals surface area contributed by atoms with E-state index in [-0.39, 0.29) is 5.56 Å². The van der Waals surface area contributed by atoms with Crippen LogP contribution in [0.25, 0.3) is 16.6 Å². The molecule has 0 radical (unpaired) electrons. The lowest BCUT2D eigenvalue weighted by atomic mass is 10.2. The van der Waals surface area contributed by atoms with E-state index in [9.17, 15) is 13.2 Å². The number of benzene rings is 2. The summed E-state index contributed by atoms with van der Waals surface area (Å²) in [5, 5.41) is 0.638. The first-order valence-electron chi connectivity index (χ1n) is 6.30. The minimum Gasteiger partial charge on any atom is -0.286 e. The van der Waals surface area contributed by atoms with Crippen LogP contribution in [0.4, 0.5) is 0 Å². The highest BCUT2D eigenvalue weighted by Gasteiger charge is 2.03. The average Bonchev–Trinajstić information content (AvgIpc) is 2.47. The van der Waals surface area contributed by atoms with Crippen molar-refractivity contribution in [2.45, 2.75) is 0 Å². The predicted octanol–water partition coefficient (Wildman–Crippen LogP) is 1.89. The van der Waals surface area contributed by atoms with E-state index in [4.69, 9.17) is 4.55 Å². The van der Waals surface area contributed by atoms with Crippen molar-refractivity contribution in [3.8, 4) is 5.69 Å². The zero-order valence-electron chi connectivity index (χ0n) is 11.7. The summed E-state index contributed by atoms with van der Waals surface area (Å²) in [6.07, 6.45) is 2.28. The number of hydrogen-bond acceptors (Lipinski definition) is 4. The molecule has 0 amide bonds. The van der Waals surface area contributed by atoms with Crippen molar-refractivity contribution in [1.82, 2.24) is 9.55 Å². The van der Waals surface area contributed by atoms with Crippen LogP contribution in [-0.2, 0) is 10.1 Å². The second-order valence-corrected chi connectivity index (χ2v) is 5.97. The van der Waals surface area contributed by atoms with Gasteiger partial charge in [-0.15, -0.1) is 0 Å². The molecule has 0 unspecified atom stereocenters. The molecule has 3 rings (SSSR count). The van der Waals surface area contributed by atoms with Crippen LogP contribution in [0.1, 0.15) is 0 Å². The molecule has 3 aromatic rings. The van der Waals surface area contributed by atoms with Gasteiger partial charge < -0.3 is 0 Å². The Balaban J connectivity index is 0.000000309. The summed E-state index contributed by atoms with van der Waals surface area (Å²) in [6.45, 7) is 0. The topological polar surface area (TPSA) is 89.3 Å². The standard InChI is InChI=1S/C14H10N2O.CH4O3S/c17-14-12-8-4-5-9-13(12)15-10-16(14)11-6-2-1-3-7-11;1-5(2,3)4/h1-10H;1H3,(H,2,3,4). The maximum Gasteiger partial charge on any atom is 0.265 e. The molecule has 0 atom stereocenters. The SMILES string of the molecule is CS(=O)(=O)O.O=c1c2ccccc2ncn1-c1ccccc1. The summed E-state index contributed by atoms with van der Waals surface area (Å²) in [5.74, 6) is 0. The highest BCUT2D eigenvalue weighted by Crippen LogP contribution is 2.08. The summed E-state index contributed by atoms with van der Waals surface area (Å²) in [4.78, 5) is 16.5. The van der Waals surface area contributed by atoms with E-state index in [1.807, 2.05) is 48.5 Å². The van der Waals surface area contributed by atoms with E-state index in [1.165, 1.54) is 0 Å². The zero-order valence-corrected chi connectivity index (χ0v) is 12.6. The molecule has 6 nitrogen and oxygen atoms in total. The van der Waals surface area contributed by atoms with Crippen molar-refractivity contribution in [2.24, 2.45) is 0 Å². The van der Waals surface area contributed by atoms with Crippen LogP contribution in [0, 0.1) is 0 Å². The maximum absolute atomic E-state index is 12.3. The molecule has 114 valence electrons. The summed E-state index contributed by atoms with van der Waals surface area (Å²) in [7, 11) is -3.67. The van der Waals surface area contributed by atoms with Gasteiger partial charge in [0, 0.05) is 0 Å². The van der Waals surface area contributed by atoms with Gasteiger partial charge in [-0.3, -0.25) is 13.9 Å². The van der Waals surface area contributed by atoms with Crippen molar-refractivity contribution < 1.29 is 13.0 Å². The molecule has 0 spiro atoms. The summed E-state index contributed by atoms with van der Waals surface area (Å²) < 4.78 is 27.4. The van der Waals surface area contributed by atoms with Crippen LogP contribution < -0.4 is 5.56 Å². The first kappa shape index (κ1) is 15.9. The Kier molecular flexibility index (Phi) is 4.69. The fourth-order valence-electron chi connectivity index (χ4n) is 1.84.